The Morgan fingerprint density at radius 2 is 1.84 bits per heavy atom. The molecule has 1 N–H and O–H groups in total. The topological polar surface area (TPSA) is 83.6 Å². The normalized spacial score (nSPS) is 15.1. The molecule has 0 fully saturated rings. The molecule has 4 aromatic rings. The van der Waals surface area contributed by atoms with Gasteiger partial charge in [0, 0.05) is 16.1 Å². The van der Waals surface area contributed by atoms with Gasteiger partial charge in [-0.15, -0.1) is 21.5 Å². The molecule has 188 valence electrons. The molecule has 37 heavy (non-hydrogen) atoms. The third-order valence-electron chi connectivity index (χ3n) is 6.87. The van der Waals surface area contributed by atoms with Crippen molar-refractivity contribution in [1.82, 2.24) is 14.8 Å². The molecule has 0 saturated carbocycles. The van der Waals surface area contributed by atoms with E-state index >= 15 is 0 Å². The number of aromatic nitrogens is 3. The predicted molar refractivity (Wildman–Crippen MR) is 150 cm³/mol. The average Bonchev–Trinajstić information content (AvgIpc) is 3.48. The number of carbonyl (C=O) groups is 1. The number of benzene rings is 2. The number of hydrogen-bond donors (Lipinski definition) is 1. The highest BCUT2D eigenvalue weighted by Gasteiger charge is 2.32. The van der Waals surface area contributed by atoms with Crippen molar-refractivity contribution in [2.45, 2.75) is 45.2 Å². The van der Waals surface area contributed by atoms with Crippen LogP contribution in [0.1, 0.15) is 43.2 Å². The van der Waals surface area contributed by atoms with Crippen molar-refractivity contribution >= 4 is 34.0 Å². The van der Waals surface area contributed by atoms with E-state index in [4.69, 9.17) is 0 Å². The van der Waals surface area contributed by atoms with Crippen LogP contribution in [0.4, 0.5) is 5.00 Å². The first-order valence-corrected chi connectivity index (χ1v) is 14.2. The van der Waals surface area contributed by atoms with Crippen LogP contribution in [-0.4, -0.2) is 26.4 Å². The van der Waals surface area contributed by atoms with Gasteiger partial charge >= 0.3 is 0 Å². The first kappa shape index (κ1) is 25.2. The lowest BCUT2D eigenvalue weighted by atomic mass is 9.72. The van der Waals surface area contributed by atoms with Crippen LogP contribution in [0.2, 0.25) is 0 Å². The van der Waals surface area contributed by atoms with Crippen molar-refractivity contribution in [1.29, 1.82) is 5.26 Å². The minimum Gasteiger partial charge on any atom is -0.316 e. The second-order valence-corrected chi connectivity index (χ2v) is 12.4. The quantitative estimate of drug-likeness (QED) is 0.280. The summed E-state index contributed by atoms with van der Waals surface area (Å²) in [6.07, 6.45) is 2.93. The van der Waals surface area contributed by atoms with Gasteiger partial charge in [-0.05, 0) is 48.3 Å². The number of carbonyl (C=O) groups excluding carboxylic acids is 1. The van der Waals surface area contributed by atoms with E-state index in [9.17, 15) is 10.1 Å². The summed E-state index contributed by atoms with van der Waals surface area (Å²) < 4.78 is 1.98. The molecule has 2 aromatic carbocycles. The number of para-hydroxylation sites is 1. The van der Waals surface area contributed by atoms with Crippen molar-refractivity contribution in [2.24, 2.45) is 11.3 Å². The van der Waals surface area contributed by atoms with Crippen molar-refractivity contribution in [3.05, 3.63) is 76.7 Å². The van der Waals surface area contributed by atoms with Crippen LogP contribution in [0.25, 0.3) is 17.1 Å². The van der Waals surface area contributed by atoms with Crippen LogP contribution in [0.15, 0.2) is 65.8 Å². The summed E-state index contributed by atoms with van der Waals surface area (Å²) >= 11 is 2.90. The molecule has 0 bridgehead atoms. The molecular weight excluding hydrogens is 498 g/mol. The lowest BCUT2D eigenvalue weighted by Crippen LogP contribution is -2.26. The molecule has 0 radical (unpaired) electrons. The average molecular weight is 528 g/mol. The second kappa shape index (κ2) is 10.5. The van der Waals surface area contributed by atoms with Gasteiger partial charge in [-0.3, -0.25) is 9.36 Å². The van der Waals surface area contributed by atoms with E-state index in [-0.39, 0.29) is 17.1 Å². The zero-order valence-electron chi connectivity index (χ0n) is 21.2. The summed E-state index contributed by atoms with van der Waals surface area (Å²) in [6, 6.07) is 22.2. The Labute approximate surface area is 225 Å². The highest BCUT2D eigenvalue weighted by atomic mass is 32.2. The van der Waals surface area contributed by atoms with E-state index in [1.54, 1.807) is 11.3 Å². The molecule has 1 aliphatic rings. The maximum Gasteiger partial charge on any atom is 0.235 e. The van der Waals surface area contributed by atoms with Gasteiger partial charge in [0.15, 0.2) is 11.0 Å². The van der Waals surface area contributed by atoms with E-state index in [0.717, 1.165) is 41.9 Å². The zero-order valence-corrected chi connectivity index (χ0v) is 22.8. The van der Waals surface area contributed by atoms with Gasteiger partial charge in [-0.25, -0.2) is 0 Å². The van der Waals surface area contributed by atoms with Crippen LogP contribution >= 0.6 is 23.1 Å². The first-order chi connectivity index (χ1) is 17.8. The number of fused-ring (bicyclic) bond motifs is 1. The minimum absolute atomic E-state index is 0.156. The number of nitrogens with zero attached hydrogens (tertiary/aromatic N) is 4. The molecule has 0 unspecified atom stereocenters. The molecule has 5 rings (SSSR count). The van der Waals surface area contributed by atoms with Crippen molar-refractivity contribution in [3.63, 3.8) is 0 Å². The van der Waals surface area contributed by atoms with Crippen LogP contribution in [0.3, 0.4) is 0 Å². The maximum atomic E-state index is 13.0. The van der Waals surface area contributed by atoms with Crippen LogP contribution in [0.5, 0.6) is 0 Å². The number of rotatable bonds is 6. The molecule has 8 heteroatoms. The zero-order chi connectivity index (χ0) is 26.0. The number of thiophene rings is 1. The van der Waals surface area contributed by atoms with E-state index in [2.05, 4.69) is 42.4 Å². The largest absolute Gasteiger partial charge is 0.316 e. The number of hydrogen-bond acceptors (Lipinski definition) is 6. The molecule has 1 aliphatic carbocycles. The van der Waals surface area contributed by atoms with Gasteiger partial charge in [0.1, 0.15) is 11.1 Å². The Balaban J connectivity index is 1.35. The van der Waals surface area contributed by atoms with Crippen LogP contribution in [0, 0.1) is 22.7 Å². The first-order valence-electron chi connectivity index (χ1n) is 12.4. The molecule has 1 atom stereocenters. The monoisotopic (exact) mass is 527 g/mol. The fourth-order valence-corrected chi connectivity index (χ4v) is 6.82. The number of amides is 1. The van der Waals surface area contributed by atoms with Crippen LogP contribution in [-0.2, 0) is 17.6 Å². The predicted octanol–water partition coefficient (Wildman–Crippen LogP) is 6.75. The Hall–Kier alpha value is -3.41. The van der Waals surface area contributed by atoms with Crippen molar-refractivity contribution < 1.29 is 4.79 Å². The Morgan fingerprint density at radius 1 is 1.14 bits per heavy atom. The fraction of sp³-hybridized carbons (Fsp3) is 0.310. The third kappa shape index (κ3) is 5.34. The van der Waals surface area contributed by atoms with E-state index in [1.165, 1.54) is 16.6 Å². The third-order valence-corrected chi connectivity index (χ3v) is 8.97. The fourth-order valence-electron chi connectivity index (χ4n) is 4.77. The van der Waals surface area contributed by atoms with Crippen molar-refractivity contribution in [3.8, 4) is 23.1 Å². The molecule has 2 heterocycles. The van der Waals surface area contributed by atoms with Crippen LogP contribution < -0.4 is 5.32 Å². The molecule has 0 spiro atoms. The van der Waals surface area contributed by atoms with E-state index in [1.807, 2.05) is 65.2 Å². The number of nitriles is 1. The van der Waals surface area contributed by atoms with Gasteiger partial charge < -0.3 is 5.32 Å². The minimum atomic E-state index is -0.156. The SMILES string of the molecule is CC(C)(C)[C@@H]1CCc2c(sc(NC(=O)CSc3nnc(-c4ccccc4)n3-c3ccccc3)c2C#N)C1. The summed E-state index contributed by atoms with van der Waals surface area (Å²) in [5.41, 5.74) is 3.85. The second-order valence-electron chi connectivity index (χ2n) is 10.3. The van der Waals surface area contributed by atoms with E-state index in [0.29, 0.717) is 21.6 Å². The smallest absolute Gasteiger partial charge is 0.235 e. The van der Waals surface area contributed by atoms with Gasteiger partial charge in [0.25, 0.3) is 0 Å². The number of anilines is 1. The highest BCUT2D eigenvalue weighted by molar-refractivity contribution is 7.99. The highest BCUT2D eigenvalue weighted by Crippen LogP contribution is 2.44. The number of nitrogens with one attached hydrogen (secondary N) is 1. The van der Waals surface area contributed by atoms with Gasteiger partial charge in [0.2, 0.25) is 5.91 Å². The van der Waals surface area contributed by atoms with Gasteiger partial charge in [-0.1, -0.05) is 81.1 Å². The van der Waals surface area contributed by atoms with E-state index < -0.39 is 0 Å². The summed E-state index contributed by atoms with van der Waals surface area (Å²) in [5, 5.41) is 23.0. The Kier molecular flexibility index (Phi) is 7.18. The molecule has 0 aliphatic heterocycles. The molecule has 2 aromatic heterocycles. The number of thioether (sulfide) groups is 1. The Morgan fingerprint density at radius 3 is 2.51 bits per heavy atom. The van der Waals surface area contributed by atoms with Gasteiger partial charge in [0.05, 0.1) is 11.3 Å². The molecule has 1 amide bonds. The summed E-state index contributed by atoms with van der Waals surface area (Å²) in [5.74, 6) is 1.31. The standard InChI is InChI=1S/C29H29N5OS2/c1-29(2,3)20-14-15-22-23(17-30)27(37-24(22)16-20)31-25(35)18-36-28-33-32-26(19-10-6-4-7-11-19)34(28)21-12-8-5-9-13-21/h4-13,20H,14-16,18H2,1-3H3,(H,31,35)/t20-/m1/s1. The molecular formula is C29H29N5OS2. The van der Waals surface area contributed by atoms with Crippen molar-refractivity contribution in [2.75, 3.05) is 11.1 Å². The summed E-state index contributed by atoms with van der Waals surface area (Å²) in [4.78, 5) is 14.3. The lowest BCUT2D eigenvalue weighted by molar-refractivity contribution is -0.113. The molecule has 0 saturated heterocycles. The van der Waals surface area contributed by atoms with Gasteiger partial charge in [-0.2, -0.15) is 5.26 Å². The Bertz CT molecular complexity index is 1450. The lowest BCUT2D eigenvalue weighted by Gasteiger charge is -2.33. The maximum absolute atomic E-state index is 13.0. The summed E-state index contributed by atoms with van der Waals surface area (Å²) in [6.45, 7) is 6.83. The molecule has 6 nitrogen and oxygen atoms in total. The summed E-state index contributed by atoms with van der Waals surface area (Å²) in [7, 11) is 0.